The minimum Gasteiger partial charge on any atom is -0.486 e. The normalized spacial score (nSPS) is 15.1. The van der Waals surface area contributed by atoms with Crippen molar-refractivity contribution < 1.29 is 9.47 Å². The van der Waals surface area contributed by atoms with Crippen LogP contribution < -0.4 is 20.5 Å². The first kappa shape index (κ1) is 11.6. The van der Waals surface area contributed by atoms with E-state index in [0.717, 1.165) is 23.6 Å². The molecule has 0 saturated carbocycles. The predicted molar refractivity (Wildman–Crippen MR) is 69.7 cm³/mol. The molecule has 1 aromatic carbocycles. The van der Waals surface area contributed by atoms with Gasteiger partial charge in [-0.2, -0.15) is 0 Å². The van der Waals surface area contributed by atoms with Crippen molar-refractivity contribution in [1.29, 1.82) is 0 Å². The zero-order valence-corrected chi connectivity index (χ0v) is 10.0. The minimum absolute atomic E-state index is 0.289. The standard InChI is InChI=1S/C13H18N2O2/c1-3-4-9(2)15-11-8-13-12(7-10(11)14)16-5-6-17-13/h3,7-9,15H,1,4-6,14H2,2H3. The summed E-state index contributed by atoms with van der Waals surface area (Å²) in [4.78, 5) is 0. The van der Waals surface area contributed by atoms with E-state index in [4.69, 9.17) is 15.2 Å². The molecule has 17 heavy (non-hydrogen) atoms. The maximum absolute atomic E-state index is 5.97. The Morgan fingerprint density at radius 2 is 2.06 bits per heavy atom. The predicted octanol–water partition coefficient (Wildman–Crippen LogP) is 2.42. The molecule has 0 aliphatic carbocycles. The van der Waals surface area contributed by atoms with Gasteiger partial charge in [-0.05, 0) is 13.3 Å². The van der Waals surface area contributed by atoms with E-state index in [9.17, 15) is 0 Å². The molecule has 1 aromatic rings. The summed E-state index contributed by atoms with van der Waals surface area (Å²) >= 11 is 0. The second kappa shape index (κ2) is 4.99. The van der Waals surface area contributed by atoms with Crippen molar-refractivity contribution in [3.63, 3.8) is 0 Å². The van der Waals surface area contributed by atoms with Gasteiger partial charge in [-0.1, -0.05) is 6.08 Å². The maximum Gasteiger partial charge on any atom is 0.163 e. The van der Waals surface area contributed by atoms with Crippen molar-refractivity contribution in [1.82, 2.24) is 0 Å². The van der Waals surface area contributed by atoms with Crippen molar-refractivity contribution in [2.75, 3.05) is 24.3 Å². The van der Waals surface area contributed by atoms with Crippen molar-refractivity contribution >= 4 is 11.4 Å². The Hall–Kier alpha value is -1.84. The van der Waals surface area contributed by atoms with Crippen LogP contribution in [-0.4, -0.2) is 19.3 Å². The molecule has 4 heteroatoms. The fourth-order valence-electron chi connectivity index (χ4n) is 1.80. The molecule has 1 unspecified atom stereocenters. The first-order valence-electron chi connectivity index (χ1n) is 5.77. The van der Waals surface area contributed by atoms with Crippen molar-refractivity contribution in [2.24, 2.45) is 0 Å². The van der Waals surface area contributed by atoms with Gasteiger partial charge in [0.1, 0.15) is 13.2 Å². The van der Waals surface area contributed by atoms with E-state index in [2.05, 4.69) is 18.8 Å². The molecule has 0 aromatic heterocycles. The molecule has 1 heterocycles. The van der Waals surface area contributed by atoms with Gasteiger partial charge in [0, 0.05) is 18.2 Å². The van der Waals surface area contributed by atoms with Crippen LogP contribution in [-0.2, 0) is 0 Å². The van der Waals surface area contributed by atoms with Crippen molar-refractivity contribution in [3.8, 4) is 11.5 Å². The summed E-state index contributed by atoms with van der Waals surface area (Å²) in [6, 6.07) is 3.98. The van der Waals surface area contributed by atoms with Crippen LogP contribution in [0.3, 0.4) is 0 Å². The van der Waals surface area contributed by atoms with E-state index in [1.165, 1.54) is 0 Å². The number of nitrogen functional groups attached to an aromatic ring is 1. The van der Waals surface area contributed by atoms with Gasteiger partial charge in [0.05, 0.1) is 11.4 Å². The zero-order valence-electron chi connectivity index (χ0n) is 10.0. The van der Waals surface area contributed by atoms with Crippen LogP contribution in [0.5, 0.6) is 11.5 Å². The van der Waals surface area contributed by atoms with E-state index < -0.39 is 0 Å². The molecule has 1 aliphatic rings. The third kappa shape index (κ3) is 2.64. The maximum atomic E-state index is 5.97. The Balaban J connectivity index is 2.19. The largest absolute Gasteiger partial charge is 0.486 e. The van der Waals surface area contributed by atoms with Crippen molar-refractivity contribution in [3.05, 3.63) is 24.8 Å². The number of hydrogen-bond donors (Lipinski definition) is 2. The van der Waals surface area contributed by atoms with E-state index in [1.54, 1.807) is 6.07 Å². The van der Waals surface area contributed by atoms with E-state index >= 15 is 0 Å². The SMILES string of the molecule is C=CCC(C)Nc1cc2c(cc1N)OCCO2. The number of fused-ring (bicyclic) bond motifs is 1. The average Bonchev–Trinajstić information content (AvgIpc) is 2.30. The van der Waals surface area contributed by atoms with Gasteiger partial charge in [0.25, 0.3) is 0 Å². The third-order valence-electron chi connectivity index (χ3n) is 2.64. The van der Waals surface area contributed by atoms with Gasteiger partial charge >= 0.3 is 0 Å². The quantitative estimate of drug-likeness (QED) is 0.620. The molecule has 1 atom stereocenters. The molecule has 2 rings (SSSR count). The Kier molecular flexibility index (Phi) is 3.42. The second-order valence-corrected chi connectivity index (χ2v) is 4.15. The number of nitrogens with one attached hydrogen (secondary N) is 1. The van der Waals surface area contributed by atoms with Crippen LogP contribution in [0.25, 0.3) is 0 Å². The number of hydrogen-bond acceptors (Lipinski definition) is 4. The van der Waals surface area contributed by atoms with E-state index in [-0.39, 0.29) is 6.04 Å². The van der Waals surface area contributed by atoms with Gasteiger partial charge in [-0.15, -0.1) is 6.58 Å². The fraction of sp³-hybridized carbons (Fsp3) is 0.385. The third-order valence-corrected chi connectivity index (χ3v) is 2.64. The monoisotopic (exact) mass is 234 g/mol. The highest BCUT2D eigenvalue weighted by Gasteiger charge is 2.15. The first-order valence-corrected chi connectivity index (χ1v) is 5.77. The smallest absolute Gasteiger partial charge is 0.163 e. The second-order valence-electron chi connectivity index (χ2n) is 4.15. The van der Waals surface area contributed by atoms with E-state index in [0.29, 0.717) is 18.9 Å². The summed E-state index contributed by atoms with van der Waals surface area (Å²) in [5.41, 5.74) is 7.51. The van der Waals surface area contributed by atoms with Gasteiger partial charge < -0.3 is 20.5 Å². The number of rotatable bonds is 4. The van der Waals surface area contributed by atoms with Crippen LogP contribution >= 0.6 is 0 Å². The van der Waals surface area contributed by atoms with Crippen LogP contribution in [0.2, 0.25) is 0 Å². The number of nitrogens with two attached hydrogens (primary N) is 1. The van der Waals surface area contributed by atoms with Crippen molar-refractivity contribution in [2.45, 2.75) is 19.4 Å². The van der Waals surface area contributed by atoms with Crippen LogP contribution in [0.15, 0.2) is 24.8 Å². The Labute approximate surface area is 101 Å². The topological polar surface area (TPSA) is 56.5 Å². The summed E-state index contributed by atoms with van der Waals surface area (Å²) < 4.78 is 11.0. The Bertz CT molecular complexity index is 418. The lowest BCUT2D eigenvalue weighted by molar-refractivity contribution is 0.172. The lowest BCUT2D eigenvalue weighted by atomic mass is 10.2. The summed E-state index contributed by atoms with van der Waals surface area (Å²) in [5.74, 6) is 1.47. The highest BCUT2D eigenvalue weighted by molar-refractivity contribution is 5.72. The molecule has 92 valence electrons. The minimum atomic E-state index is 0.289. The van der Waals surface area contributed by atoms with Gasteiger partial charge in [-0.25, -0.2) is 0 Å². The zero-order chi connectivity index (χ0) is 12.3. The van der Waals surface area contributed by atoms with Crippen LogP contribution in [0.1, 0.15) is 13.3 Å². The number of ether oxygens (including phenoxy) is 2. The summed E-state index contributed by atoms with van der Waals surface area (Å²) in [7, 11) is 0. The highest BCUT2D eigenvalue weighted by Crippen LogP contribution is 2.37. The molecule has 0 fully saturated rings. The first-order chi connectivity index (χ1) is 8.20. The lowest BCUT2D eigenvalue weighted by Crippen LogP contribution is -2.18. The van der Waals surface area contributed by atoms with E-state index in [1.807, 2.05) is 12.1 Å². The van der Waals surface area contributed by atoms with Gasteiger partial charge in [0.15, 0.2) is 11.5 Å². The van der Waals surface area contributed by atoms with Gasteiger partial charge in [-0.3, -0.25) is 0 Å². The van der Waals surface area contributed by atoms with Crippen LogP contribution in [0.4, 0.5) is 11.4 Å². The number of benzene rings is 1. The average molecular weight is 234 g/mol. The molecule has 0 bridgehead atoms. The highest BCUT2D eigenvalue weighted by atomic mass is 16.6. The molecule has 1 aliphatic heterocycles. The van der Waals surface area contributed by atoms with Gasteiger partial charge in [0.2, 0.25) is 0 Å². The molecule has 3 N–H and O–H groups in total. The molecular weight excluding hydrogens is 216 g/mol. The molecule has 0 amide bonds. The summed E-state index contributed by atoms with van der Waals surface area (Å²) in [6.07, 6.45) is 2.76. The Morgan fingerprint density at radius 3 is 2.71 bits per heavy atom. The molecular formula is C13H18N2O2. The lowest BCUT2D eigenvalue weighted by Gasteiger charge is -2.22. The number of anilines is 2. The summed E-state index contributed by atoms with van der Waals surface area (Å²) in [5, 5.41) is 3.33. The summed E-state index contributed by atoms with van der Waals surface area (Å²) in [6.45, 7) is 6.96. The molecule has 0 radical (unpaired) electrons. The molecule has 0 saturated heterocycles. The fourth-order valence-corrected chi connectivity index (χ4v) is 1.80. The molecule has 0 spiro atoms. The van der Waals surface area contributed by atoms with Crippen LogP contribution in [0, 0.1) is 0 Å². The Morgan fingerprint density at radius 1 is 1.41 bits per heavy atom. The molecule has 4 nitrogen and oxygen atoms in total.